The van der Waals surface area contributed by atoms with Crippen LogP contribution in [0.1, 0.15) is 335 Å². The third kappa shape index (κ3) is 60.4. The van der Waals surface area contributed by atoms with Crippen molar-refractivity contribution in [1.82, 2.24) is 5.32 Å². The van der Waals surface area contributed by atoms with Gasteiger partial charge in [-0.3, -0.25) is 9.36 Å². The molecule has 0 fully saturated rings. The van der Waals surface area contributed by atoms with Crippen LogP contribution in [0.2, 0.25) is 0 Å². The van der Waals surface area contributed by atoms with Crippen LogP contribution in [0.4, 0.5) is 0 Å². The Morgan fingerprint density at radius 1 is 0.447 bits per heavy atom. The second-order valence-electron chi connectivity index (χ2n) is 24.2. The molecule has 0 aromatic heterocycles. The second-order valence-corrected chi connectivity index (χ2v) is 25.6. The molecular formula is C67H131N2O6P. The molecule has 2 N–H and O–H groups in total. The van der Waals surface area contributed by atoms with Crippen molar-refractivity contribution < 1.29 is 32.9 Å². The van der Waals surface area contributed by atoms with Crippen molar-refractivity contribution in [2.75, 3.05) is 40.9 Å². The van der Waals surface area contributed by atoms with Gasteiger partial charge in [-0.2, -0.15) is 0 Å². The Balaban J connectivity index is 4.11. The number of rotatable bonds is 62. The van der Waals surface area contributed by atoms with Gasteiger partial charge in [-0.05, 0) is 57.8 Å². The van der Waals surface area contributed by atoms with Gasteiger partial charge in [-0.1, -0.05) is 307 Å². The fourth-order valence-electron chi connectivity index (χ4n) is 10.1. The first-order chi connectivity index (χ1) is 37.0. The van der Waals surface area contributed by atoms with Gasteiger partial charge in [0.05, 0.1) is 39.9 Å². The molecule has 0 bridgehead atoms. The summed E-state index contributed by atoms with van der Waals surface area (Å²) in [4.78, 5) is 25.6. The summed E-state index contributed by atoms with van der Waals surface area (Å²) in [6.45, 7) is 4.68. The van der Waals surface area contributed by atoms with E-state index in [4.69, 9.17) is 9.05 Å². The predicted octanol–water partition coefficient (Wildman–Crippen LogP) is 20.3. The number of aliphatic hydroxyl groups excluding tert-OH is 1. The summed E-state index contributed by atoms with van der Waals surface area (Å²) in [5.74, 6) is -0.201. The number of unbranched alkanes of at least 4 members (excludes halogenated alkanes) is 45. The smallest absolute Gasteiger partial charge is 0.268 e. The predicted molar refractivity (Wildman–Crippen MR) is 330 cm³/mol. The van der Waals surface area contributed by atoms with E-state index in [0.717, 1.165) is 38.5 Å². The molecule has 0 saturated carbocycles. The standard InChI is InChI=1S/C67H131N2O6P/c1-6-8-10-12-14-16-18-20-22-24-26-28-30-32-33-34-35-37-39-41-43-45-47-49-51-53-55-57-59-61-67(71)68-65(64-75-76(72,73)74-63-62-69(3,4)5)66(70)60-58-56-54-52-50-48-46-44-42-40-38-36-31-29-27-25-23-21-19-17-15-13-11-9-7-2/h24,26,50,52,58,60,65-66,70H,6-23,25,27-49,51,53-57,59,61-64H2,1-5H3,(H-,68,71,72,73)/b26-24-,52-50+,60-58+. The number of hydrogen-bond donors (Lipinski definition) is 2. The molecule has 76 heavy (non-hydrogen) atoms. The lowest BCUT2D eigenvalue weighted by Gasteiger charge is -2.29. The molecule has 0 rings (SSSR count). The fraction of sp³-hybridized carbons (Fsp3) is 0.896. The summed E-state index contributed by atoms with van der Waals surface area (Å²) in [6.07, 6.45) is 76.9. The SMILES string of the molecule is CCCCCCCCCC/C=C\CCCCCCCCCCCCCCCCCCCC(=O)NC(COP(=O)([O-])OCC[N+](C)(C)C)C(O)/C=C/CC/C=C/CCCCCCCCCCCCCCCCCCCCC. The van der Waals surface area contributed by atoms with Crippen molar-refractivity contribution in [1.29, 1.82) is 0 Å². The van der Waals surface area contributed by atoms with Gasteiger partial charge in [-0.15, -0.1) is 0 Å². The summed E-state index contributed by atoms with van der Waals surface area (Å²) in [5, 5.41) is 13.9. The maximum atomic E-state index is 13.0. The van der Waals surface area contributed by atoms with E-state index >= 15 is 0 Å². The monoisotopic (exact) mass is 1090 g/mol. The Morgan fingerprint density at radius 3 is 1.07 bits per heavy atom. The molecule has 0 aromatic rings. The summed E-state index contributed by atoms with van der Waals surface area (Å²) in [7, 11) is 1.26. The third-order valence-electron chi connectivity index (χ3n) is 15.3. The number of carbonyl (C=O) groups is 1. The van der Waals surface area contributed by atoms with Crippen molar-refractivity contribution >= 4 is 13.7 Å². The van der Waals surface area contributed by atoms with E-state index in [9.17, 15) is 19.4 Å². The maximum Gasteiger partial charge on any atom is 0.268 e. The van der Waals surface area contributed by atoms with E-state index in [2.05, 4.69) is 43.5 Å². The topological polar surface area (TPSA) is 108 Å². The van der Waals surface area contributed by atoms with Gasteiger partial charge >= 0.3 is 0 Å². The largest absolute Gasteiger partial charge is 0.756 e. The molecule has 0 aromatic carbocycles. The molecule has 8 nitrogen and oxygen atoms in total. The number of nitrogens with zero attached hydrogens (tertiary/aromatic N) is 1. The Kier molecular flexibility index (Phi) is 57.4. The minimum Gasteiger partial charge on any atom is -0.756 e. The van der Waals surface area contributed by atoms with Crippen LogP contribution in [0, 0.1) is 0 Å². The second kappa shape index (κ2) is 58.4. The molecule has 0 aliphatic heterocycles. The molecule has 0 radical (unpaired) electrons. The molecular weight excluding hydrogens is 960 g/mol. The number of quaternary nitrogens is 1. The minimum atomic E-state index is -4.61. The highest BCUT2D eigenvalue weighted by molar-refractivity contribution is 7.45. The highest BCUT2D eigenvalue weighted by atomic mass is 31.2. The van der Waals surface area contributed by atoms with Gasteiger partial charge in [0.25, 0.3) is 7.82 Å². The van der Waals surface area contributed by atoms with E-state index < -0.39 is 20.0 Å². The summed E-state index contributed by atoms with van der Waals surface area (Å²) < 4.78 is 23.4. The Hall–Kier alpha value is -1.28. The van der Waals surface area contributed by atoms with Crippen molar-refractivity contribution in [2.45, 2.75) is 347 Å². The first-order valence-electron chi connectivity index (χ1n) is 33.4. The van der Waals surface area contributed by atoms with E-state index in [1.54, 1.807) is 6.08 Å². The molecule has 9 heteroatoms. The van der Waals surface area contributed by atoms with Gasteiger partial charge < -0.3 is 28.8 Å². The van der Waals surface area contributed by atoms with Gasteiger partial charge in [0, 0.05) is 6.42 Å². The first-order valence-corrected chi connectivity index (χ1v) is 34.8. The number of amides is 1. The van der Waals surface area contributed by atoms with Crippen molar-refractivity contribution in [3.8, 4) is 0 Å². The summed E-state index contributed by atoms with van der Waals surface area (Å²) in [5.41, 5.74) is 0. The number of aliphatic hydroxyl groups is 1. The van der Waals surface area contributed by atoms with Gasteiger partial charge in [-0.25, -0.2) is 0 Å². The number of allylic oxidation sites excluding steroid dienone is 5. The molecule has 0 spiro atoms. The molecule has 0 saturated heterocycles. The Morgan fingerprint density at radius 2 is 0.737 bits per heavy atom. The average molecular weight is 1090 g/mol. The molecule has 450 valence electrons. The molecule has 0 aliphatic carbocycles. The lowest BCUT2D eigenvalue weighted by atomic mass is 10.0. The number of phosphoric ester groups is 1. The Bertz CT molecular complexity index is 1330. The highest BCUT2D eigenvalue weighted by Gasteiger charge is 2.23. The van der Waals surface area contributed by atoms with Crippen LogP contribution < -0.4 is 10.2 Å². The highest BCUT2D eigenvalue weighted by Crippen LogP contribution is 2.38. The minimum absolute atomic E-state index is 0.00469. The zero-order valence-corrected chi connectivity index (χ0v) is 52.4. The molecule has 3 atom stereocenters. The van der Waals surface area contributed by atoms with Crippen LogP contribution in [0.3, 0.4) is 0 Å². The van der Waals surface area contributed by atoms with Crippen molar-refractivity contribution in [2.24, 2.45) is 0 Å². The lowest BCUT2D eigenvalue weighted by Crippen LogP contribution is -2.45. The van der Waals surface area contributed by atoms with Crippen LogP contribution in [0.15, 0.2) is 36.5 Å². The van der Waals surface area contributed by atoms with Gasteiger partial charge in [0.1, 0.15) is 13.2 Å². The van der Waals surface area contributed by atoms with Crippen LogP contribution >= 0.6 is 7.82 Å². The van der Waals surface area contributed by atoms with Crippen LogP contribution in [0.5, 0.6) is 0 Å². The van der Waals surface area contributed by atoms with Crippen LogP contribution in [0.25, 0.3) is 0 Å². The van der Waals surface area contributed by atoms with Crippen LogP contribution in [-0.2, 0) is 18.4 Å². The van der Waals surface area contributed by atoms with Crippen molar-refractivity contribution in [3.63, 3.8) is 0 Å². The van der Waals surface area contributed by atoms with E-state index in [1.165, 1.54) is 276 Å². The van der Waals surface area contributed by atoms with E-state index in [1.807, 2.05) is 27.2 Å². The first kappa shape index (κ1) is 74.7. The van der Waals surface area contributed by atoms with Gasteiger partial charge in [0.15, 0.2) is 0 Å². The lowest BCUT2D eigenvalue weighted by molar-refractivity contribution is -0.870. The number of carbonyl (C=O) groups excluding carboxylic acids is 1. The Labute approximate surface area is 474 Å². The fourth-order valence-corrected chi connectivity index (χ4v) is 10.8. The van der Waals surface area contributed by atoms with Crippen LogP contribution in [-0.4, -0.2) is 68.5 Å². The summed E-state index contributed by atoms with van der Waals surface area (Å²) >= 11 is 0. The number of hydrogen-bond acceptors (Lipinski definition) is 6. The molecule has 1 amide bonds. The van der Waals surface area contributed by atoms with Gasteiger partial charge in [0.2, 0.25) is 5.91 Å². The number of nitrogens with one attached hydrogen (secondary N) is 1. The summed E-state index contributed by atoms with van der Waals surface area (Å²) in [6, 6.07) is -0.903. The molecule has 0 aliphatic rings. The van der Waals surface area contributed by atoms with E-state index in [0.29, 0.717) is 17.4 Å². The zero-order valence-electron chi connectivity index (χ0n) is 51.5. The average Bonchev–Trinajstić information content (AvgIpc) is 3.38. The number of likely N-dealkylation sites (N-methyl/N-ethyl adjacent to an activating group) is 1. The van der Waals surface area contributed by atoms with E-state index in [-0.39, 0.29) is 19.1 Å². The molecule has 3 unspecified atom stereocenters. The zero-order chi connectivity index (χ0) is 55.6. The normalized spacial score (nSPS) is 13.9. The maximum absolute atomic E-state index is 13.0. The number of phosphoric acid groups is 1. The third-order valence-corrected chi connectivity index (χ3v) is 16.3. The van der Waals surface area contributed by atoms with Crippen molar-refractivity contribution in [3.05, 3.63) is 36.5 Å². The molecule has 0 heterocycles. The quantitative estimate of drug-likeness (QED) is 0.0272.